The molecule has 0 radical (unpaired) electrons. The molecular formula is C19H17N3O3S. The van der Waals surface area contributed by atoms with Gasteiger partial charge in [-0.1, -0.05) is 13.0 Å². The van der Waals surface area contributed by atoms with Crippen molar-refractivity contribution < 1.29 is 9.53 Å². The lowest BCUT2D eigenvalue weighted by molar-refractivity contribution is 0.0589. The maximum Gasteiger partial charge on any atom is 0.354 e. The maximum absolute atomic E-state index is 12.3. The Hall–Kier alpha value is -2.93. The van der Waals surface area contributed by atoms with Crippen LogP contribution in [0.4, 0.5) is 0 Å². The Morgan fingerprint density at radius 2 is 2.12 bits per heavy atom. The number of thiophene rings is 1. The van der Waals surface area contributed by atoms with Crippen LogP contribution < -0.4 is 5.56 Å². The third kappa shape index (κ3) is 2.70. The molecule has 0 spiro atoms. The zero-order valence-electron chi connectivity index (χ0n) is 14.4. The van der Waals surface area contributed by atoms with Crippen molar-refractivity contribution >= 4 is 33.2 Å². The van der Waals surface area contributed by atoms with Gasteiger partial charge in [0.25, 0.3) is 5.56 Å². The zero-order chi connectivity index (χ0) is 18.3. The summed E-state index contributed by atoms with van der Waals surface area (Å²) in [6.45, 7) is 2.43. The molecule has 0 saturated carbocycles. The molecule has 4 aromatic heterocycles. The molecule has 0 unspecified atom stereocenters. The summed E-state index contributed by atoms with van der Waals surface area (Å²) < 4.78 is 9.32. The van der Waals surface area contributed by atoms with Crippen molar-refractivity contribution in [3.05, 3.63) is 69.2 Å². The molecule has 0 bridgehead atoms. The van der Waals surface area contributed by atoms with Crippen molar-refractivity contribution in [2.45, 2.75) is 19.9 Å². The predicted octanol–water partition coefficient (Wildman–Crippen LogP) is 3.11. The molecule has 4 rings (SSSR count). The van der Waals surface area contributed by atoms with Gasteiger partial charge in [-0.3, -0.25) is 9.20 Å². The quantitative estimate of drug-likeness (QED) is 0.520. The standard InChI is InChI=1S/C19H17N3O3S/c1-3-13-9-14-16(26-13)10-15(19(24)25-2)22(14)11-12-8-18(23)21-7-5-4-6-17(21)20-12/h4-10H,3,11H2,1-2H3. The summed E-state index contributed by atoms with van der Waals surface area (Å²) in [5, 5.41) is 0. The molecule has 6 nitrogen and oxygen atoms in total. The zero-order valence-corrected chi connectivity index (χ0v) is 15.2. The van der Waals surface area contributed by atoms with E-state index >= 15 is 0 Å². The van der Waals surface area contributed by atoms with Crippen LogP contribution in [0.5, 0.6) is 0 Å². The smallest absolute Gasteiger partial charge is 0.354 e. The van der Waals surface area contributed by atoms with Crippen molar-refractivity contribution in [1.29, 1.82) is 0 Å². The number of carbonyl (C=O) groups is 1. The fourth-order valence-electron chi connectivity index (χ4n) is 3.06. The minimum atomic E-state index is -0.399. The van der Waals surface area contributed by atoms with Gasteiger partial charge in [0.15, 0.2) is 0 Å². The highest BCUT2D eigenvalue weighted by atomic mass is 32.1. The fourth-order valence-corrected chi connectivity index (χ4v) is 4.10. The van der Waals surface area contributed by atoms with Crippen LogP contribution in [0.25, 0.3) is 15.9 Å². The molecule has 0 saturated heterocycles. The molecule has 0 fully saturated rings. The second-order valence-corrected chi connectivity index (χ2v) is 7.11. The van der Waals surface area contributed by atoms with E-state index in [0.717, 1.165) is 16.6 Å². The lowest BCUT2D eigenvalue weighted by Crippen LogP contribution is -2.18. The number of esters is 1. The average Bonchev–Trinajstić information content (AvgIpc) is 3.20. The number of aryl methyl sites for hydroxylation is 1. The first-order valence-corrected chi connectivity index (χ1v) is 9.10. The number of rotatable bonds is 4. The average molecular weight is 367 g/mol. The Bertz CT molecular complexity index is 1190. The Labute approximate surface area is 153 Å². The first kappa shape index (κ1) is 16.5. The number of carbonyl (C=O) groups excluding carboxylic acids is 1. The van der Waals surface area contributed by atoms with E-state index in [9.17, 15) is 9.59 Å². The summed E-state index contributed by atoms with van der Waals surface area (Å²) in [4.78, 5) is 30.3. The number of hydrogen-bond acceptors (Lipinski definition) is 5. The van der Waals surface area contributed by atoms with Crippen LogP contribution in [0, 0.1) is 0 Å². The van der Waals surface area contributed by atoms with Crippen LogP contribution in [0.2, 0.25) is 0 Å². The molecule has 132 valence electrons. The van der Waals surface area contributed by atoms with E-state index in [1.807, 2.05) is 16.7 Å². The number of pyridine rings is 1. The van der Waals surface area contributed by atoms with E-state index in [1.54, 1.807) is 29.7 Å². The van der Waals surface area contributed by atoms with Gasteiger partial charge in [-0.15, -0.1) is 11.3 Å². The summed E-state index contributed by atoms with van der Waals surface area (Å²) in [6, 6.07) is 10.9. The third-order valence-electron chi connectivity index (χ3n) is 4.33. The lowest BCUT2D eigenvalue weighted by Gasteiger charge is -2.09. The van der Waals surface area contributed by atoms with E-state index in [1.165, 1.54) is 22.5 Å². The number of aromatic nitrogens is 3. The number of ether oxygens (including phenoxy) is 1. The second kappa shape index (κ2) is 6.42. The molecule has 0 amide bonds. The summed E-state index contributed by atoms with van der Waals surface area (Å²) in [6.07, 6.45) is 2.62. The Morgan fingerprint density at radius 3 is 2.88 bits per heavy atom. The van der Waals surface area contributed by atoms with Crippen molar-refractivity contribution in [1.82, 2.24) is 14.0 Å². The van der Waals surface area contributed by atoms with E-state index in [-0.39, 0.29) is 5.56 Å². The number of methoxy groups -OCH3 is 1. The second-order valence-electron chi connectivity index (χ2n) is 5.94. The highest BCUT2D eigenvalue weighted by Gasteiger charge is 2.19. The van der Waals surface area contributed by atoms with Gasteiger partial charge in [0.2, 0.25) is 0 Å². The number of nitrogens with zero attached hydrogens (tertiary/aromatic N) is 3. The molecule has 26 heavy (non-hydrogen) atoms. The molecular weight excluding hydrogens is 350 g/mol. The largest absolute Gasteiger partial charge is 0.464 e. The summed E-state index contributed by atoms with van der Waals surface area (Å²) >= 11 is 1.66. The van der Waals surface area contributed by atoms with Gasteiger partial charge >= 0.3 is 5.97 Å². The van der Waals surface area contributed by atoms with Crippen molar-refractivity contribution in [2.24, 2.45) is 0 Å². The predicted molar refractivity (Wildman–Crippen MR) is 101 cm³/mol. The van der Waals surface area contributed by atoms with E-state index in [4.69, 9.17) is 4.74 Å². The maximum atomic E-state index is 12.3. The van der Waals surface area contributed by atoms with Gasteiger partial charge in [-0.2, -0.15) is 0 Å². The molecule has 4 heterocycles. The Balaban J connectivity index is 1.86. The van der Waals surface area contributed by atoms with Crippen LogP contribution in [0.3, 0.4) is 0 Å². The van der Waals surface area contributed by atoms with Crippen LogP contribution in [0.1, 0.15) is 28.0 Å². The van der Waals surface area contributed by atoms with Gasteiger partial charge in [-0.25, -0.2) is 9.78 Å². The van der Waals surface area contributed by atoms with Crippen LogP contribution in [0.15, 0.2) is 47.4 Å². The van der Waals surface area contributed by atoms with E-state index < -0.39 is 5.97 Å². The molecule has 0 N–H and O–H groups in total. The molecule has 4 aromatic rings. The lowest BCUT2D eigenvalue weighted by atomic mass is 10.3. The normalized spacial score (nSPS) is 11.3. The van der Waals surface area contributed by atoms with Crippen LogP contribution >= 0.6 is 11.3 Å². The minimum Gasteiger partial charge on any atom is -0.464 e. The first-order valence-electron chi connectivity index (χ1n) is 8.28. The van der Waals surface area contributed by atoms with E-state index in [2.05, 4.69) is 18.0 Å². The van der Waals surface area contributed by atoms with Crippen molar-refractivity contribution in [3.8, 4) is 0 Å². The summed E-state index contributed by atoms with van der Waals surface area (Å²) in [7, 11) is 1.37. The van der Waals surface area contributed by atoms with Crippen LogP contribution in [-0.4, -0.2) is 27.0 Å². The molecule has 0 atom stereocenters. The van der Waals surface area contributed by atoms with Gasteiger partial charge < -0.3 is 9.30 Å². The van der Waals surface area contributed by atoms with Gasteiger partial charge in [-0.05, 0) is 30.7 Å². The first-order chi connectivity index (χ1) is 12.6. The molecule has 0 aliphatic heterocycles. The number of fused-ring (bicyclic) bond motifs is 2. The SMILES string of the molecule is CCc1cc2c(cc(C(=O)OC)n2Cc2cc(=O)n3ccccc3n2)s1. The van der Waals surface area contributed by atoms with Crippen molar-refractivity contribution in [2.75, 3.05) is 7.11 Å². The molecule has 0 aliphatic carbocycles. The minimum absolute atomic E-state index is 0.145. The Morgan fingerprint density at radius 1 is 1.27 bits per heavy atom. The molecule has 0 aliphatic rings. The highest BCUT2D eigenvalue weighted by molar-refractivity contribution is 7.19. The van der Waals surface area contributed by atoms with E-state index in [0.29, 0.717) is 23.6 Å². The Kier molecular flexibility index (Phi) is 4.08. The van der Waals surface area contributed by atoms with Gasteiger partial charge in [0, 0.05) is 17.1 Å². The van der Waals surface area contributed by atoms with Crippen LogP contribution in [-0.2, 0) is 17.7 Å². The topological polar surface area (TPSA) is 65.6 Å². The van der Waals surface area contributed by atoms with Gasteiger partial charge in [0.05, 0.1) is 29.6 Å². The fraction of sp³-hybridized carbons (Fsp3) is 0.211. The third-order valence-corrected chi connectivity index (χ3v) is 5.54. The molecule has 7 heteroatoms. The van der Waals surface area contributed by atoms with Gasteiger partial charge in [0.1, 0.15) is 11.3 Å². The monoisotopic (exact) mass is 367 g/mol. The highest BCUT2D eigenvalue weighted by Crippen LogP contribution is 2.30. The van der Waals surface area contributed by atoms with Crippen molar-refractivity contribution in [3.63, 3.8) is 0 Å². The summed E-state index contributed by atoms with van der Waals surface area (Å²) in [5.74, 6) is -0.399. The number of hydrogen-bond donors (Lipinski definition) is 0. The summed E-state index contributed by atoms with van der Waals surface area (Å²) in [5.41, 5.74) is 2.47. The molecule has 0 aromatic carbocycles.